The van der Waals surface area contributed by atoms with Gasteiger partial charge in [-0.1, -0.05) is 13.0 Å². The third-order valence-corrected chi connectivity index (χ3v) is 2.64. The Kier molecular flexibility index (Phi) is 3.57. The maximum absolute atomic E-state index is 11.9. The van der Waals surface area contributed by atoms with Gasteiger partial charge in [-0.15, -0.1) is 0 Å². The van der Waals surface area contributed by atoms with Crippen LogP contribution in [-0.4, -0.2) is 16.0 Å². The SMILES string of the molecule is CCc1ccc(NC(=O)c2cccnc2)c(O)c1. The number of aromatic nitrogens is 1. The summed E-state index contributed by atoms with van der Waals surface area (Å²) in [5, 5.41) is 12.4. The van der Waals surface area contributed by atoms with Gasteiger partial charge in [0.1, 0.15) is 5.75 Å². The van der Waals surface area contributed by atoms with Crippen molar-refractivity contribution >= 4 is 11.6 Å². The van der Waals surface area contributed by atoms with E-state index in [-0.39, 0.29) is 11.7 Å². The van der Waals surface area contributed by atoms with Crippen LogP contribution in [0.15, 0.2) is 42.7 Å². The lowest BCUT2D eigenvalue weighted by molar-refractivity contribution is 0.102. The highest BCUT2D eigenvalue weighted by molar-refractivity contribution is 6.04. The minimum absolute atomic E-state index is 0.0755. The Balaban J connectivity index is 2.17. The van der Waals surface area contributed by atoms with E-state index in [0.29, 0.717) is 11.3 Å². The number of aromatic hydroxyl groups is 1. The van der Waals surface area contributed by atoms with Crippen LogP contribution in [0, 0.1) is 0 Å². The first-order valence-corrected chi connectivity index (χ1v) is 5.74. The molecule has 2 aromatic rings. The van der Waals surface area contributed by atoms with Gasteiger partial charge in [0.05, 0.1) is 11.3 Å². The number of hydrogen-bond donors (Lipinski definition) is 2. The summed E-state index contributed by atoms with van der Waals surface area (Å²) in [5.74, 6) is -0.214. The predicted molar refractivity (Wildman–Crippen MR) is 69.7 cm³/mol. The highest BCUT2D eigenvalue weighted by Crippen LogP contribution is 2.24. The Morgan fingerprint density at radius 2 is 2.22 bits per heavy atom. The molecular weight excluding hydrogens is 228 g/mol. The number of hydrogen-bond acceptors (Lipinski definition) is 3. The number of phenols is 1. The Bertz CT molecular complexity index is 553. The number of carbonyl (C=O) groups is 1. The van der Waals surface area contributed by atoms with Crippen LogP contribution >= 0.6 is 0 Å². The van der Waals surface area contributed by atoms with Crippen molar-refractivity contribution < 1.29 is 9.90 Å². The molecule has 0 aliphatic carbocycles. The molecule has 0 saturated heterocycles. The number of aryl methyl sites for hydroxylation is 1. The van der Waals surface area contributed by atoms with Crippen molar-refractivity contribution in [3.8, 4) is 5.75 Å². The minimum atomic E-state index is -0.289. The third-order valence-electron chi connectivity index (χ3n) is 2.64. The fraction of sp³-hybridized carbons (Fsp3) is 0.143. The van der Waals surface area contributed by atoms with Crippen molar-refractivity contribution in [3.05, 3.63) is 53.9 Å². The van der Waals surface area contributed by atoms with Gasteiger partial charge in [0, 0.05) is 12.4 Å². The summed E-state index contributed by atoms with van der Waals surface area (Å²) in [6.45, 7) is 2.00. The zero-order valence-corrected chi connectivity index (χ0v) is 10.1. The lowest BCUT2D eigenvalue weighted by Crippen LogP contribution is -2.12. The largest absolute Gasteiger partial charge is 0.506 e. The summed E-state index contributed by atoms with van der Waals surface area (Å²) in [5.41, 5.74) is 1.88. The second-order valence-electron chi connectivity index (χ2n) is 3.90. The van der Waals surface area contributed by atoms with E-state index < -0.39 is 0 Å². The van der Waals surface area contributed by atoms with Crippen molar-refractivity contribution in [2.24, 2.45) is 0 Å². The predicted octanol–water partition coefficient (Wildman–Crippen LogP) is 2.60. The van der Waals surface area contributed by atoms with E-state index in [1.54, 1.807) is 30.5 Å². The van der Waals surface area contributed by atoms with Gasteiger partial charge < -0.3 is 10.4 Å². The summed E-state index contributed by atoms with van der Waals surface area (Å²) in [4.78, 5) is 15.7. The maximum atomic E-state index is 11.9. The number of nitrogens with zero attached hydrogens (tertiary/aromatic N) is 1. The summed E-state index contributed by atoms with van der Waals surface area (Å²) >= 11 is 0. The van der Waals surface area contributed by atoms with Crippen molar-refractivity contribution in [3.63, 3.8) is 0 Å². The minimum Gasteiger partial charge on any atom is -0.506 e. The molecule has 0 unspecified atom stereocenters. The molecule has 4 heteroatoms. The number of benzene rings is 1. The topological polar surface area (TPSA) is 62.2 Å². The van der Waals surface area contributed by atoms with Crippen LogP contribution in [0.25, 0.3) is 0 Å². The lowest BCUT2D eigenvalue weighted by Gasteiger charge is -2.08. The molecule has 0 spiro atoms. The quantitative estimate of drug-likeness (QED) is 0.813. The van der Waals surface area contributed by atoms with E-state index in [4.69, 9.17) is 0 Å². The number of rotatable bonds is 3. The molecule has 0 aliphatic rings. The van der Waals surface area contributed by atoms with E-state index in [0.717, 1.165) is 12.0 Å². The van der Waals surface area contributed by atoms with Crippen molar-refractivity contribution in [2.75, 3.05) is 5.32 Å². The first kappa shape index (κ1) is 12.1. The molecule has 18 heavy (non-hydrogen) atoms. The molecule has 1 heterocycles. The molecule has 0 atom stereocenters. The Hall–Kier alpha value is -2.36. The van der Waals surface area contributed by atoms with E-state index in [9.17, 15) is 9.90 Å². The summed E-state index contributed by atoms with van der Waals surface area (Å²) in [6, 6.07) is 8.58. The van der Waals surface area contributed by atoms with Gasteiger partial charge in [0.15, 0.2) is 0 Å². The summed E-state index contributed by atoms with van der Waals surface area (Å²) in [6.07, 6.45) is 3.92. The molecule has 2 N–H and O–H groups in total. The monoisotopic (exact) mass is 242 g/mol. The van der Waals surface area contributed by atoms with Crippen LogP contribution in [0.3, 0.4) is 0 Å². The first-order chi connectivity index (χ1) is 8.70. The maximum Gasteiger partial charge on any atom is 0.257 e. The van der Waals surface area contributed by atoms with E-state index >= 15 is 0 Å². The van der Waals surface area contributed by atoms with E-state index in [1.807, 2.05) is 13.0 Å². The zero-order valence-electron chi connectivity index (χ0n) is 10.1. The van der Waals surface area contributed by atoms with Gasteiger partial charge in [-0.3, -0.25) is 9.78 Å². The van der Waals surface area contributed by atoms with Crippen LogP contribution in [0.5, 0.6) is 5.75 Å². The molecular formula is C14H14N2O2. The number of amides is 1. The highest BCUT2D eigenvalue weighted by atomic mass is 16.3. The number of pyridine rings is 1. The summed E-state index contributed by atoms with van der Waals surface area (Å²) in [7, 11) is 0. The average Bonchev–Trinajstić information content (AvgIpc) is 2.42. The van der Waals surface area contributed by atoms with Crippen LogP contribution in [0.4, 0.5) is 5.69 Å². The fourth-order valence-electron chi connectivity index (χ4n) is 1.59. The normalized spacial score (nSPS) is 10.1. The molecule has 1 amide bonds. The van der Waals surface area contributed by atoms with Crippen LogP contribution < -0.4 is 5.32 Å². The molecule has 1 aromatic carbocycles. The van der Waals surface area contributed by atoms with Crippen LogP contribution in [0.1, 0.15) is 22.8 Å². The van der Waals surface area contributed by atoms with E-state index in [2.05, 4.69) is 10.3 Å². The van der Waals surface area contributed by atoms with Crippen LogP contribution in [-0.2, 0) is 6.42 Å². The molecule has 4 nitrogen and oxygen atoms in total. The van der Waals surface area contributed by atoms with Crippen molar-refractivity contribution in [2.45, 2.75) is 13.3 Å². The van der Waals surface area contributed by atoms with Crippen molar-refractivity contribution in [1.29, 1.82) is 0 Å². The van der Waals surface area contributed by atoms with Gasteiger partial charge >= 0.3 is 0 Å². The lowest BCUT2D eigenvalue weighted by atomic mass is 10.1. The van der Waals surface area contributed by atoms with Gasteiger partial charge in [-0.25, -0.2) is 0 Å². The van der Waals surface area contributed by atoms with Gasteiger partial charge in [-0.2, -0.15) is 0 Å². The summed E-state index contributed by atoms with van der Waals surface area (Å²) < 4.78 is 0. The molecule has 0 radical (unpaired) electrons. The van der Waals surface area contributed by atoms with Gasteiger partial charge in [0.2, 0.25) is 0 Å². The molecule has 1 aromatic heterocycles. The standard InChI is InChI=1S/C14H14N2O2/c1-2-10-5-6-12(13(17)8-10)16-14(18)11-4-3-7-15-9-11/h3-9,17H,2H2,1H3,(H,16,18). The number of nitrogens with one attached hydrogen (secondary N) is 1. The fourth-order valence-corrected chi connectivity index (χ4v) is 1.59. The third kappa shape index (κ3) is 2.66. The van der Waals surface area contributed by atoms with Crippen LogP contribution in [0.2, 0.25) is 0 Å². The Labute approximate surface area is 105 Å². The molecule has 2 rings (SSSR count). The zero-order chi connectivity index (χ0) is 13.0. The molecule has 0 bridgehead atoms. The molecule has 0 saturated carbocycles. The van der Waals surface area contributed by atoms with E-state index in [1.165, 1.54) is 6.20 Å². The number of carbonyl (C=O) groups excluding carboxylic acids is 1. The van der Waals surface area contributed by atoms with Gasteiger partial charge in [0.25, 0.3) is 5.91 Å². The molecule has 0 fully saturated rings. The Morgan fingerprint density at radius 3 is 2.83 bits per heavy atom. The molecule has 0 aliphatic heterocycles. The average molecular weight is 242 g/mol. The molecule has 92 valence electrons. The smallest absolute Gasteiger partial charge is 0.257 e. The number of anilines is 1. The first-order valence-electron chi connectivity index (χ1n) is 5.74. The Morgan fingerprint density at radius 1 is 1.39 bits per heavy atom. The van der Waals surface area contributed by atoms with Crippen molar-refractivity contribution in [1.82, 2.24) is 4.98 Å². The number of phenolic OH excluding ortho intramolecular Hbond substituents is 1. The second-order valence-corrected chi connectivity index (χ2v) is 3.90. The second kappa shape index (κ2) is 5.31. The van der Waals surface area contributed by atoms with Gasteiger partial charge in [-0.05, 0) is 36.2 Å². The highest BCUT2D eigenvalue weighted by Gasteiger charge is 2.08.